The van der Waals surface area contributed by atoms with Crippen molar-refractivity contribution in [2.24, 2.45) is 5.92 Å². The molecule has 4 aromatic carbocycles. The van der Waals surface area contributed by atoms with Crippen molar-refractivity contribution in [3.63, 3.8) is 0 Å². The molecule has 0 fully saturated rings. The fourth-order valence-electron chi connectivity index (χ4n) is 5.51. The van der Waals surface area contributed by atoms with E-state index in [0.717, 1.165) is 45.9 Å². The lowest BCUT2D eigenvalue weighted by atomic mass is 9.77. The Morgan fingerprint density at radius 3 is 2.38 bits per heavy atom. The summed E-state index contributed by atoms with van der Waals surface area (Å²) in [6, 6.07) is 28.0. The molecule has 1 spiro atoms. The van der Waals surface area contributed by atoms with Gasteiger partial charge in [0, 0.05) is 53.4 Å². The minimum atomic E-state index is -1.09. The van der Waals surface area contributed by atoms with Crippen LogP contribution in [0.25, 0.3) is 0 Å². The van der Waals surface area contributed by atoms with Gasteiger partial charge in [-0.05, 0) is 60.9 Å². The predicted molar refractivity (Wildman–Crippen MR) is 147 cm³/mol. The Hall–Kier alpha value is -4.25. The number of para-hydroxylation sites is 1. The summed E-state index contributed by atoms with van der Waals surface area (Å²) in [5, 5.41) is 3.53. The van der Waals surface area contributed by atoms with Crippen LogP contribution in [0.1, 0.15) is 46.5 Å². The molecule has 1 N–H and O–H groups in total. The van der Waals surface area contributed by atoms with Crippen LogP contribution in [-0.4, -0.2) is 19.6 Å². The van der Waals surface area contributed by atoms with Crippen LogP contribution >= 0.6 is 0 Å². The van der Waals surface area contributed by atoms with E-state index in [0.29, 0.717) is 23.0 Å². The standard InChI is InChI=1S/C32H30N2O3/c1-20(2)19-34(4)23-14-15-26-30(17-23)36-29-16-21(3)28(33-22-10-6-5-7-11-22)18-27(29)32(26)25-13-9-8-12-24(25)31(35)37-32/h5-18,20,33H,19H2,1-4H3. The molecular weight excluding hydrogens is 460 g/mol. The van der Waals surface area contributed by atoms with Crippen LogP contribution in [0.2, 0.25) is 0 Å². The zero-order valence-corrected chi connectivity index (χ0v) is 21.5. The minimum absolute atomic E-state index is 0.325. The monoisotopic (exact) mass is 490 g/mol. The molecule has 0 aromatic heterocycles. The van der Waals surface area contributed by atoms with Crippen LogP contribution in [0.5, 0.6) is 11.5 Å². The maximum absolute atomic E-state index is 13.2. The summed E-state index contributed by atoms with van der Waals surface area (Å²) in [6.45, 7) is 7.38. The van der Waals surface area contributed by atoms with Crippen molar-refractivity contribution in [1.82, 2.24) is 0 Å². The molecular formula is C32H30N2O3. The number of carbonyl (C=O) groups excluding carboxylic acids is 1. The number of hydrogen-bond donors (Lipinski definition) is 1. The van der Waals surface area contributed by atoms with Crippen molar-refractivity contribution in [3.8, 4) is 11.5 Å². The normalized spacial score (nSPS) is 17.1. The Morgan fingerprint density at radius 2 is 1.59 bits per heavy atom. The van der Waals surface area contributed by atoms with E-state index in [2.05, 4.69) is 56.2 Å². The second kappa shape index (κ2) is 8.70. The first-order valence-electron chi connectivity index (χ1n) is 12.7. The summed E-state index contributed by atoms with van der Waals surface area (Å²) in [5.74, 6) is 1.59. The van der Waals surface area contributed by atoms with Crippen molar-refractivity contribution in [3.05, 3.63) is 113 Å². The molecule has 4 aromatic rings. The lowest BCUT2D eigenvalue weighted by Gasteiger charge is -2.37. The summed E-state index contributed by atoms with van der Waals surface area (Å²) < 4.78 is 12.9. The molecule has 0 radical (unpaired) electrons. The number of fused-ring (bicyclic) bond motifs is 6. The lowest BCUT2D eigenvalue weighted by Crippen LogP contribution is -2.33. The number of esters is 1. The second-order valence-corrected chi connectivity index (χ2v) is 10.3. The van der Waals surface area contributed by atoms with E-state index < -0.39 is 5.60 Å². The number of hydrogen-bond acceptors (Lipinski definition) is 5. The first-order valence-corrected chi connectivity index (χ1v) is 12.7. The van der Waals surface area contributed by atoms with Crippen LogP contribution in [0.15, 0.2) is 84.9 Å². The Kier molecular flexibility index (Phi) is 5.45. The molecule has 186 valence electrons. The van der Waals surface area contributed by atoms with Gasteiger partial charge in [-0.3, -0.25) is 0 Å². The lowest BCUT2D eigenvalue weighted by molar-refractivity contribution is 0.0224. The number of nitrogens with one attached hydrogen (secondary N) is 1. The van der Waals surface area contributed by atoms with E-state index in [1.807, 2.05) is 66.7 Å². The Morgan fingerprint density at radius 1 is 0.865 bits per heavy atom. The average molecular weight is 491 g/mol. The van der Waals surface area contributed by atoms with Crippen LogP contribution in [0.3, 0.4) is 0 Å². The fourth-order valence-corrected chi connectivity index (χ4v) is 5.51. The molecule has 0 saturated carbocycles. The summed E-state index contributed by atoms with van der Waals surface area (Å²) in [6.07, 6.45) is 0. The van der Waals surface area contributed by atoms with Crippen LogP contribution in [-0.2, 0) is 10.3 Å². The van der Waals surface area contributed by atoms with Crippen LogP contribution in [0.4, 0.5) is 17.1 Å². The van der Waals surface area contributed by atoms with Gasteiger partial charge in [0.25, 0.3) is 0 Å². The van der Waals surface area contributed by atoms with Crippen LogP contribution < -0.4 is 15.0 Å². The first-order chi connectivity index (χ1) is 17.9. The van der Waals surface area contributed by atoms with Crippen molar-refractivity contribution in [1.29, 1.82) is 0 Å². The molecule has 2 heterocycles. The predicted octanol–water partition coefficient (Wildman–Crippen LogP) is 7.40. The van der Waals surface area contributed by atoms with Gasteiger partial charge in [-0.25, -0.2) is 4.79 Å². The Bertz CT molecular complexity index is 1510. The van der Waals surface area contributed by atoms with E-state index in [4.69, 9.17) is 9.47 Å². The molecule has 1 atom stereocenters. The molecule has 0 bridgehead atoms. The largest absolute Gasteiger partial charge is 0.456 e. The zero-order chi connectivity index (χ0) is 25.7. The molecule has 0 amide bonds. The van der Waals surface area contributed by atoms with Crippen molar-refractivity contribution in [2.75, 3.05) is 23.8 Å². The number of rotatable bonds is 5. The number of benzene rings is 4. The third kappa shape index (κ3) is 3.73. The van der Waals surface area contributed by atoms with E-state index in [1.54, 1.807) is 0 Å². The van der Waals surface area contributed by atoms with E-state index in [9.17, 15) is 4.79 Å². The van der Waals surface area contributed by atoms with Crippen molar-refractivity contribution >= 4 is 23.0 Å². The average Bonchev–Trinajstić information content (AvgIpc) is 3.18. The third-order valence-electron chi connectivity index (χ3n) is 7.17. The molecule has 1 unspecified atom stereocenters. The third-order valence-corrected chi connectivity index (χ3v) is 7.17. The SMILES string of the molecule is Cc1cc2c(cc1Nc1ccccc1)C1(OC(=O)c3ccccc31)c1ccc(N(C)CC(C)C)cc1O2. The second-order valence-electron chi connectivity index (χ2n) is 10.3. The smallest absolute Gasteiger partial charge is 0.340 e. The highest BCUT2D eigenvalue weighted by Gasteiger charge is 2.53. The van der Waals surface area contributed by atoms with E-state index >= 15 is 0 Å². The maximum atomic E-state index is 13.2. The number of aryl methyl sites for hydroxylation is 1. The van der Waals surface area contributed by atoms with Crippen molar-refractivity contribution in [2.45, 2.75) is 26.4 Å². The molecule has 0 aliphatic carbocycles. The number of ether oxygens (including phenoxy) is 2. The molecule has 6 rings (SSSR count). The molecule has 2 aliphatic heterocycles. The van der Waals surface area contributed by atoms with Gasteiger partial charge in [0.15, 0.2) is 5.60 Å². The van der Waals surface area contributed by atoms with Gasteiger partial charge in [0.05, 0.1) is 5.56 Å². The summed E-state index contributed by atoms with van der Waals surface area (Å²) in [4.78, 5) is 15.4. The minimum Gasteiger partial charge on any atom is -0.456 e. The quantitative estimate of drug-likeness (QED) is 0.295. The summed E-state index contributed by atoms with van der Waals surface area (Å²) in [7, 11) is 2.09. The number of nitrogens with zero attached hydrogens (tertiary/aromatic N) is 1. The molecule has 5 nitrogen and oxygen atoms in total. The van der Waals surface area contributed by atoms with Gasteiger partial charge in [0.1, 0.15) is 11.5 Å². The number of carbonyl (C=O) groups is 1. The maximum Gasteiger partial charge on any atom is 0.340 e. The van der Waals surface area contributed by atoms with E-state index in [-0.39, 0.29) is 5.97 Å². The number of anilines is 3. The topological polar surface area (TPSA) is 50.8 Å². The van der Waals surface area contributed by atoms with Gasteiger partial charge < -0.3 is 19.7 Å². The fraction of sp³-hybridized carbons (Fsp3) is 0.219. The highest BCUT2D eigenvalue weighted by Crippen LogP contribution is 2.57. The molecule has 2 aliphatic rings. The molecule has 0 saturated heterocycles. The Labute approximate surface area is 217 Å². The van der Waals surface area contributed by atoms with Gasteiger partial charge in [-0.15, -0.1) is 0 Å². The van der Waals surface area contributed by atoms with Gasteiger partial charge in [0.2, 0.25) is 0 Å². The van der Waals surface area contributed by atoms with Gasteiger partial charge >= 0.3 is 5.97 Å². The van der Waals surface area contributed by atoms with Crippen LogP contribution in [0, 0.1) is 12.8 Å². The summed E-state index contributed by atoms with van der Waals surface area (Å²) in [5.41, 5.74) is 5.98. The van der Waals surface area contributed by atoms with E-state index in [1.165, 1.54) is 0 Å². The zero-order valence-electron chi connectivity index (χ0n) is 21.5. The van der Waals surface area contributed by atoms with Gasteiger partial charge in [-0.2, -0.15) is 0 Å². The first kappa shape index (κ1) is 23.2. The Balaban J connectivity index is 1.55. The van der Waals surface area contributed by atoms with Gasteiger partial charge in [-0.1, -0.05) is 50.2 Å². The highest BCUT2D eigenvalue weighted by molar-refractivity contribution is 5.97. The molecule has 5 heteroatoms. The highest BCUT2D eigenvalue weighted by atomic mass is 16.6. The molecule has 37 heavy (non-hydrogen) atoms. The summed E-state index contributed by atoms with van der Waals surface area (Å²) >= 11 is 0. The van der Waals surface area contributed by atoms with Crippen molar-refractivity contribution < 1.29 is 14.3 Å².